The molecule has 108 valence electrons. The van der Waals surface area contributed by atoms with E-state index in [0.717, 1.165) is 25.7 Å². The molecule has 2 aliphatic carbocycles. The van der Waals surface area contributed by atoms with E-state index in [2.05, 4.69) is 5.32 Å². The second-order valence-corrected chi connectivity index (χ2v) is 5.65. The van der Waals surface area contributed by atoms with Crippen molar-refractivity contribution in [3.8, 4) is 0 Å². The van der Waals surface area contributed by atoms with Crippen LogP contribution in [0.5, 0.6) is 0 Å². The van der Waals surface area contributed by atoms with E-state index in [1.165, 1.54) is 0 Å². The lowest BCUT2D eigenvalue weighted by molar-refractivity contribution is -0.144. The van der Waals surface area contributed by atoms with Crippen molar-refractivity contribution in [3.63, 3.8) is 0 Å². The normalized spacial score (nSPS) is 34.4. The van der Waals surface area contributed by atoms with Gasteiger partial charge in [-0.1, -0.05) is 6.42 Å². The Hall–Kier alpha value is -1.10. The van der Waals surface area contributed by atoms with E-state index in [1.54, 1.807) is 0 Å². The topological polar surface area (TPSA) is 75.6 Å². The number of hydrogen-bond donors (Lipinski definition) is 2. The molecule has 1 amide bonds. The summed E-state index contributed by atoms with van der Waals surface area (Å²) < 4.78 is 5.45. The molecule has 0 aromatic carbocycles. The fourth-order valence-electron chi connectivity index (χ4n) is 3.03. The smallest absolute Gasteiger partial charge is 0.306 e. The Labute approximate surface area is 113 Å². The van der Waals surface area contributed by atoms with Crippen molar-refractivity contribution in [1.29, 1.82) is 0 Å². The molecule has 2 N–H and O–H groups in total. The molecular formula is C14H23NO4. The van der Waals surface area contributed by atoms with Crippen LogP contribution in [0.25, 0.3) is 0 Å². The average molecular weight is 269 g/mol. The maximum Gasteiger partial charge on any atom is 0.306 e. The molecule has 2 fully saturated rings. The lowest BCUT2D eigenvalue weighted by Gasteiger charge is -2.37. The minimum Gasteiger partial charge on any atom is -0.481 e. The molecule has 0 spiro atoms. The van der Waals surface area contributed by atoms with Crippen molar-refractivity contribution in [2.45, 2.75) is 57.6 Å². The van der Waals surface area contributed by atoms with Crippen LogP contribution in [0.3, 0.4) is 0 Å². The zero-order valence-corrected chi connectivity index (χ0v) is 11.4. The molecule has 2 aliphatic rings. The highest BCUT2D eigenvalue weighted by Gasteiger charge is 2.35. The van der Waals surface area contributed by atoms with E-state index in [0.29, 0.717) is 19.4 Å². The zero-order chi connectivity index (χ0) is 13.8. The van der Waals surface area contributed by atoms with Crippen molar-refractivity contribution < 1.29 is 19.4 Å². The van der Waals surface area contributed by atoms with Gasteiger partial charge in [0.05, 0.1) is 12.0 Å². The highest BCUT2D eigenvalue weighted by Crippen LogP contribution is 2.30. The Morgan fingerprint density at radius 3 is 2.53 bits per heavy atom. The van der Waals surface area contributed by atoms with Crippen LogP contribution < -0.4 is 5.32 Å². The Morgan fingerprint density at radius 1 is 1.21 bits per heavy atom. The van der Waals surface area contributed by atoms with Gasteiger partial charge in [0.1, 0.15) is 0 Å². The molecule has 0 bridgehead atoms. The summed E-state index contributed by atoms with van der Waals surface area (Å²) in [6.07, 6.45) is 4.90. The molecule has 5 nitrogen and oxygen atoms in total. The summed E-state index contributed by atoms with van der Waals surface area (Å²) in [5.74, 6) is -1.20. The summed E-state index contributed by atoms with van der Waals surface area (Å²) in [6.45, 7) is 2.69. The number of aliphatic carboxylic acids is 1. The number of amides is 1. The average Bonchev–Trinajstić information content (AvgIpc) is 2.36. The van der Waals surface area contributed by atoms with Crippen LogP contribution in [0, 0.1) is 11.8 Å². The molecule has 5 heteroatoms. The summed E-state index contributed by atoms with van der Waals surface area (Å²) >= 11 is 0. The third-order valence-corrected chi connectivity index (χ3v) is 4.24. The van der Waals surface area contributed by atoms with Crippen LogP contribution in [0.15, 0.2) is 0 Å². The molecular weight excluding hydrogens is 246 g/mol. The molecule has 2 atom stereocenters. The highest BCUT2D eigenvalue weighted by molar-refractivity contribution is 5.80. The molecule has 0 aromatic heterocycles. The number of carboxylic acids is 1. The maximum atomic E-state index is 12.1. The van der Waals surface area contributed by atoms with Crippen LogP contribution in [0.2, 0.25) is 0 Å². The van der Waals surface area contributed by atoms with Gasteiger partial charge in [-0.2, -0.15) is 0 Å². The van der Waals surface area contributed by atoms with E-state index in [1.807, 2.05) is 6.92 Å². The van der Waals surface area contributed by atoms with Gasteiger partial charge < -0.3 is 15.2 Å². The van der Waals surface area contributed by atoms with E-state index < -0.39 is 5.97 Å². The van der Waals surface area contributed by atoms with Crippen LogP contribution >= 0.6 is 0 Å². The van der Waals surface area contributed by atoms with Gasteiger partial charge >= 0.3 is 5.97 Å². The Morgan fingerprint density at radius 2 is 1.89 bits per heavy atom. The summed E-state index contributed by atoms with van der Waals surface area (Å²) in [5.41, 5.74) is 0. The number of rotatable bonds is 5. The predicted molar refractivity (Wildman–Crippen MR) is 69.7 cm³/mol. The van der Waals surface area contributed by atoms with Crippen molar-refractivity contribution in [2.75, 3.05) is 6.61 Å². The number of hydrogen-bond acceptors (Lipinski definition) is 3. The van der Waals surface area contributed by atoms with E-state index in [-0.39, 0.29) is 29.9 Å². The summed E-state index contributed by atoms with van der Waals surface area (Å²) in [4.78, 5) is 23.1. The Kier molecular flexibility index (Phi) is 4.80. The first-order valence-electron chi connectivity index (χ1n) is 7.25. The van der Waals surface area contributed by atoms with E-state index >= 15 is 0 Å². The fourth-order valence-corrected chi connectivity index (χ4v) is 3.03. The molecule has 2 saturated carbocycles. The quantitative estimate of drug-likeness (QED) is 0.794. The van der Waals surface area contributed by atoms with Crippen LogP contribution in [-0.4, -0.2) is 35.7 Å². The lowest BCUT2D eigenvalue weighted by Crippen LogP contribution is -2.50. The predicted octanol–water partition coefficient (Wildman–Crippen LogP) is 1.56. The van der Waals surface area contributed by atoms with Crippen molar-refractivity contribution in [2.24, 2.45) is 11.8 Å². The van der Waals surface area contributed by atoms with Gasteiger partial charge in [0.15, 0.2) is 0 Å². The lowest BCUT2D eigenvalue weighted by atomic mass is 9.80. The van der Waals surface area contributed by atoms with Gasteiger partial charge in [-0.3, -0.25) is 9.59 Å². The largest absolute Gasteiger partial charge is 0.481 e. The molecule has 0 heterocycles. The van der Waals surface area contributed by atoms with Gasteiger partial charge in [-0.05, 0) is 39.0 Å². The Bertz CT molecular complexity index is 338. The second-order valence-electron chi connectivity index (χ2n) is 5.65. The third-order valence-electron chi connectivity index (χ3n) is 4.24. The minimum absolute atomic E-state index is 0.0332. The van der Waals surface area contributed by atoms with Gasteiger partial charge in [0, 0.05) is 18.6 Å². The first-order valence-corrected chi connectivity index (χ1v) is 7.25. The molecule has 0 saturated heterocycles. The number of carbonyl (C=O) groups excluding carboxylic acids is 1. The zero-order valence-electron chi connectivity index (χ0n) is 11.4. The van der Waals surface area contributed by atoms with E-state index in [4.69, 9.17) is 9.84 Å². The number of carboxylic acid groups (broad SMARTS) is 1. The third kappa shape index (κ3) is 3.69. The van der Waals surface area contributed by atoms with Crippen LogP contribution in [0.1, 0.15) is 45.4 Å². The molecule has 19 heavy (non-hydrogen) atoms. The minimum atomic E-state index is -0.766. The molecule has 0 radical (unpaired) electrons. The number of carbonyl (C=O) groups is 2. The van der Waals surface area contributed by atoms with Crippen molar-refractivity contribution in [1.82, 2.24) is 5.32 Å². The maximum absolute atomic E-state index is 12.1. The first-order chi connectivity index (χ1) is 9.10. The fraction of sp³-hybridized carbons (Fsp3) is 0.857. The van der Waals surface area contributed by atoms with Gasteiger partial charge in [-0.15, -0.1) is 0 Å². The van der Waals surface area contributed by atoms with Crippen molar-refractivity contribution >= 4 is 11.9 Å². The summed E-state index contributed by atoms with van der Waals surface area (Å²) in [6, 6.07) is 0.217. The molecule has 2 rings (SSSR count). The highest BCUT2D eigenvalue weighted by atomic mass is 16.5. The number of nitrogens with one attached hydrogen (secondary N) is 1. The van der Waals surface area contributed by atoms with Crippen molar-refractivity contribution in [3.05, 3.63) is 0 Å². The first kappa shape index (κ1) is 14.3. The summed E-state index contributed by atoms with van der Waals surface area (Å²) in [5, 5.41) is 12.0. The van der Waals surface area contributed by atoms with Gasteiger partial charge in [0.25, 0.3) is 0 Å². The van der Waals surface area contributed by atoms with Crippen LogP contribution in [-0.2, 0) is 14.3 Å². The molecule has 0 aromatic rings. The van der Waals surface area contributed by atoms with Gasteiger partial charge in [-0.25, -0.2) is 0 Å². The Balaban J connectivity index is 1.73. The van der Waals surface area contributed by atoms with Crippen LogP contribution in [0.4, 0.5) is 0 Å². The number of ether oxygens (including phenoxy) is 1. The van der Waals surface area contributed by atoms with E-state index in [9.17, 15) is 9.59 Å². The monoisotopic (exact) mass is 269 g/mol. The SMILES string of the molecule is CCOC1CC(NC(=O)C2CCCC(C(=O)O)C2)C1. The van der Waals surface area contributed by atoms with Gasteiger partial charge in [0.2, 0.25) is 5.91 Å². The second kappa shape index (κ2) is 6.37. The summed E-state index contributed by atoms with van der Waals surface area (Å²) in [7, 11) is 0. The molecule has 2 unspecified atom stereocenters. The standard InChI is InChI=1S/C14H23NO4/c1-2-19-12-7-11(8-12)15-13(16)9-4-3-5-10(6-9)14(17)18/h9-12H,2-8H2,1H3,(H,15,16)(H,17,18). The molecule has 0 aliphatic heterocycles.